The van der Waals surface area contributed by atoms with Crippen molar-refractivity contribution >= 4 is 23.5 Å². The van der Waals surface area contributed by atoms with Crippen LogP contribution in [0.25, 0.3) is 0 Å². The van der Waals surface area contributed by atoms with Crippen molar-refractivity contribution in [3.63, 3.8) is 0 Å². The molecule has 0 aliphatic heterocycles. The zero-order chi connectivity index (χ0) is 16.9. The number of hydrogen-bond donors (Lipinski definition) is 2. The molecule has 9 heteroatoms. The number of aliphatic carboxylic acids is 1. The van der Waals surface area contributed by atoms with Gasteiger partial charge < -0.3 is 15.2 Å². The molecule has 0 aliphatic carbocycles. The summed E-state index contributed by atoms with van der Waals surface area (Å²) in [6.07, 6.45) is -6.40. The van der Waals surface area contributed by atoms with Crippen molar-refractivity contribution in [3.05, 3.63) is 28.8 Å². The Morgan fingerprint density at radius 2 is 2.05 bits per heavy atom. The number of ether oxygens (including phenoxy) is 1. The first-order chi connectivity index (χ1) is 10.1. The first-order valence-corrected chi connectivity index (χ1v) is 6.54. The lowest BCUT2D eigenvalue weighted by atomic mass is 10.1. The summed E-state index contributed by atoms with van der Waals surface area (Å²) in [5.74, 6) is -2.71. The Balaban J connectivity index is 2.97. The molecule has 0 saturated heterocycles. The number of rotatable bonds is 6. The van der Waals surface area contributed by atoms with Crippen LogP contribution < -0.4 is 10.1 Å². The van der Waals surface area contributed by atoms with Crippen LogP contribution in [0.1, 0.15) is 23.7 Å². The third kappa shape index (κ3) is 5.44. The van der Waals surface area contributed by atoms with Gasteiger partial charge in [0.15, 0.2) is 0 Å². The van der Waals surface area contributed by atoms with E-state index in [1.54, 1.807) is 6.92 Å². The van der Waals surface area contributed by atoms with E-state index >= 15 is 0 Å². The Labute approximate surface area is 129 Å². The van der Waals surface area contributed by atoms with Gasteiger partial charge in [-0.15, -0.1) is 0 Å². The number of alkyl halides is 3. The van der Waals surface area contributed by atoms with E-state index in [0.29, 0.717) is 0 Å². The highest BCUT2D eigenvalue weighted by molar-refractivity contribution is 6.30. The van der Waals surface area contributed by atoms with Gasteiger partial charge in [-0.2, -0.15) is 13.2 Å². The quantitative estimate of drug-likeness (QED) is 0.835. The van der Waals surface area contributed by atoms with Gasteiger partial charge in [0.2, 0.25) is 0 Å². The number of amides is 1. The summed E-state index contributed by atoms with van der Waals surface area (Å²) in [4.78, 5) is 22.8. The summed E-state index contributed by atoms with van der Waals surface area (Å²) in [6, 6.07) is 1.82. The van der Waals surface area contributed by atoms with Crippen LogP contribution in [0.5, 0.6) is 5.75 Å². The predicted molar refractivity (Wildman–Crippen MR) is 72.2 cm³/mol. The van der Waals surface area contributed by atoms with Crippen molar-refractivity contribution in [1.29, 1.82) is 0 Å². The van der Waals surface area contributed by atoms with Crippen molar-refractivity contribution < 1.29 is 32.6 Å². The van der Waals surface area contributed by atoms with Gasteiger partial charge in [-0.25, -0.2) is 4.79 Å². The molecule has 0 aliphatic rings. The van der Waals surface area contributed by atoms with Gasteiger partial charge in [-0.05, 0) is 25.1 Å². The predicted octanol–water partition coefficient (Wildman–Crippen LogP) is 2.87. The van der Waals surface area contributed by atoms with Gasteiger partial charge in [0, 0.05) is 5.02 Å². The smallest absolute Gasteiger partial charge is 0.391 e. The van der Waals surface area contributed by atoms with E-state index in [2.05, 4.69) is 0 Å². The summed E-state index contributed by atoms with van der Waals surface area (Å²) in [7, 11) is 0. The van der Waals surface area contributed by atoms with Crippen LogP contribution >= 0.6 is 11.6 Å². The molecule has 1 amide bonds. The molecule has 0 spiro atoms. The van der Waals surface area contributed by atoms with Crippen LogP contribution in [-0.2, 0) is 4.79 Å². The second kappa shape index (κ2) is 7.35. The summed E-state index contributed by atoms with van der Waals surface area (Å²) in [5.41, 5.74) is -0.0975. The number of halogens is 4. The maximum Gasteiger partial charge on any atom is 0.391 e. The maximum atomic E-state index is 12.3. The van der Waals surface area contributed by atoms with Crippen molar-refractivity contribution in [2.75, 3.05) is 6.61 Å². The molecule has 0 aromatic heterocycles. The Morgan fingerprint density at radius 3 is 2.55 bits per heavy atom. The molecule has 5 nitrogen and oxygen atoms in total. The van der Waals surface area contributed by atoms with Gasteiger partial charge >= 0.3 is 12.1 Å². The van der Waals surface area contributed by atoms with Crippen LogP contribution in [-0.4, -0.2) is 35.8 Å². The molecular formula is C13H13ClF3NO4. The minimum absolute atomic E-state index is 0.0589. The SMILES string of the molecule is CCOc1cc(Cl)ccc1C(=O)NC(CC(F)(F)F)C(=O)O. The topological polar surface area (TPSA) is 75.6 Å². The molecule has 0 radical (unpaired) electrons. The highest BCUT2D eigenvalue weighted by Crippen LogP contribution is 2.25. The third-order valence-corrected chi connectivity index (χ3v) is 2.76. The Kier molecular flexibility index (Phi) is 6.04. The molecule has 122 valence electrons. The van der Waals surface area contributed by atoms with E-state index in [9.17, 15) is 22.8 Å². The second-order valence-electron chi connectivity index (χ2n) is 4.26. The molecule has 1 aromatic rings. The lowest BCUT2D eigenvalue weighted by molar-refractivity contribution is -0.157. The third-order valence-electron chi connectivity index (χ3n) is 2.53. The minimum atomic E-state index is -4.72. The largest absolute Gasteiger partial charge is 0.493 e. The highest BCUT2D eigenvalue weighted by atomic mass is 35.5. The number of carboxylic acids is 1. The average Bonchev–Trinajstić information content (AvgIpc) is 2.36. The first kappa shape index (κ1) is 18.1. The highest BCUT2D eigenvalue weighted by Gasteiger charge is 2.36. The molecule has 1 aromatic carbocycles. The number of carboxylic acid groups (broad SMARTS) is 1. The van der Waals surface area contributed by atoms with Gasteiger partial charge in [0.05, 0.1) is 18.6 Å². The van der Waals surface area contributed by atoms with Gasteiger partial charge in [0.1, 0.15) is 11.8 Å². The number of carbonyl (C=O) groups is 2. The minimum Gasteiger partial charge on any atom is -0.493 e. The number of hydrogen-bond acceptors (Lipinski definition) is 3. The van der Waals surface area contributed by atoms with Crippen LogP contribution in [0.3, 0.4) is 0 Å². The Hall–Kier alpha value is -1.96. The lowest BCUT2D eigenvalue weighted by Gasteiger charge is -2.17. The zero-order valence-corrected chi connectivity index (χ0v) is 12.2. The lowest BCUT2D eigenvalue weighted by Crippen LogP contribution is -2.43. The molecule has 2 N–H and O–H groups in total. The molecule has 1 rings (SSSR count). The van der Waals surface area contributed by atoms with E-state index in [4.69, 9.17) is 21.4 Å². The monoisotopic (exact) mass is 339 g/mol. The summed E-state index contributed by atoms with van der Waals surface area (Å²) >= 11 is 5.75. The molecule has 0 bridgehead atoms. The number of benzene rings is 1. The molecule has 1 atom stereocenters. The van der Waals surface area contributed by atoms with E-state index < -0.39 is 30.5 Å². The summed E-state index contributed by atoms with van der Waals surface area (Å²) < 4.78 is 42.1. The van der Waals surface area contributed by atoms with Crippen LogP contribution in [0.4, 0.5) is 13.2 Å². The first-order valence-electron chi connectivity index (χ1n) is 6.16. The molecule has 0 saturated carbocycles. The maximum absolute atomic E-state index is 12.3. The molecule has 0 heterocycles. The van der Waals surface area contributed by atoms with E-state index in [1.165, 1.54) is 18.2 Å². The fraction of sp³-hybridized carbons (Fsp3) is 0.385. The van der Waals surface area contributed by atoms with Gasteiger partial charge in [0.25, 0.3) is 5.91 Å². The standard InChI is InChI=1S/C13H13ClF3NO4/c1-2-22-10-5-7(14)3-4-8(10)11(19)18-9(12(20)21)6-13(15,16)17/h3-5,9H,2,6H2,1H3,(H,18,19)(H,20,21). The molecule has 0 fully saturated rings. The fourth-order valence-corrected chi connectivity index (χ4v) is 1.79. The fourth-order valence-electron chi connectivity index (χ4n) is 1.63. The van der Waals surface area contributed by atoms with Gasteiger partial charge in [-0.1, -0.05) is 11.6 Å². The van der Waals surface area contributed by atoms with Gasteiger partial charge in [-0.3, -0.25) is 4.79 Å². The van der Waals surface area contributed by atoms with Crippen molar-refractivity contribution in [3.8, 4) is 5.75 Å². The Bertz CT molecular complexity index is 563. The van der Waals surface area contributed by atoms with E-state index in [-0.39, 0.29) is 22.9 Å². The molecule has 22 heavy (non-hydrogen) atoms. The van der Waals surface area contributed by atoms with Crippen molar-refractivity contribution in [2.24, 2.45) is 0 Å². The Morgan fingerprint density at radius 1 is 1.41 bits per heavy atom. The zero-order valence-electron chi connectivity index (χ0n) is 11.4. The normalized spacial score (nSPS) is 12.6. The molecular weight excluding hydrogens is 327 g/mol. The van der Waals surface area contributed by atoms with Crippen LogP contribution in [0, 0.1) is 0 Å². The molecule has 1 unspecified atom stereocenters. The van der Waals surface area contributed by atoms with E-state index in [0.717, 1.165) is 0 Å². The summed E-state index contributed by atoms with van der Waals surface area (Å²) in [6.45, 7) is 1.85. The average molecular weight is 340 g/mol. The summed E-state index contributed by atoms with van der Waals surface area (Å²) in [5, 5.41) is 10.9. The number of carbonyl (C=O) groups excluding carboxylic acids is 1. The van der Waals surface area contributed by atoms with Crippen molar-refractivity contribution in [2.45, 2.75) is 25.6 Å². The van der Waals surface area contributed by atoms with Crippen LogP contribution in [0.15, 0.2) is 18.2 Å². The second-order valence-corrected chi connectivity index (χ2v) is 4.69. The number of nitrogens with one attached hydrogen (secondary N) is 1. The van der Waals surface area contributed by atoms with Crippen molar-refractivity contribution in [1.82, 2.24) is 5.32 Å². The van der Waals surface area contributed by atoms with E-state index in [1.807, 2.05) is 5.32 Å². The van der Waals surface area contributed by atoms with Crippen LogP contribution in [0.2, 0.25) is 5.02 Å².